The summed E-state index contributed by atoms with van der Waals surface area (Å²) in [5, 5.41) is 0.0526. The highest BCUT2D eigenvalue weighted by molar-refractivity contribution is 7.89. The molecule has 8 heteroatoms. The number of halogens is 1. The molecule has 0 saturated carbocycles. The lowest BCUT2D eigenvalue weighted by atomic mass is 9.90. The van der Waals surface area contributed by atoms with Gasteiger partial charge in [0.25, 0.3) is 10.0 Å². The first-order valence-electron chi connectivity index (χ1n) is 9.37. The zero-order valence-electron chi connectivity index (χ0n) is 15.6. The van der Waals surface area contributed by atoms with E-state index in [9.17, 15) is 12.8 Å². The first-order chi connectivity index (χ1) is 12.9. The van der Waals surface area contributed by atoms with Crippen LogP contribution in [0.1, 0.15) is 24.9 Å². The van der Waals surface area contributed by atoms with Crippen molar-refractivity contribution in [2.24, 2.45) is 18.9 Å². The van der Waals surface area contributed by atoms with Gasteiger partial charge in [-0.3, -0.25) is 0 Å². The third kappa shape index (κ3) is 3.30. The fraction of sp³-hybridized carbons (Fsp3) is 0.526. The number of nitrogens with zero attached hydrogens (tertiary/aromatic N) is 4. The smallest absolute Gasteiger partial charge is 0.262 e. The van der Waals surface area contributed by atoms with E-state index in [1.54, 1.807) is 22.0 Å². The second-order valence-corrected chi connectivity index (χ2v) is 9.47. The summed E-state index contributed by atoms with van der Waals surface area (Å²) in [5.74, 6) is 0.0784. The molecule has 6 nitrogen and oxygen atoms in total. The maximum Gasteiger partial charge on any atom is 0.262 e. The molecule has 0 N–H and O–H groups in total. The molecule has 27 heavy (non-hydrogen) atoms. The molecule has 3 atom stereocenters. The molecule has 2 saturated heterocycles. The Morgan fingerprint density at radius 3 is 2.74 bits per heavy atom. The molecule has 0 spiro atoms. The lowest BCUT2D eigenvalue weighted by Gasteiger charge is -2.28. The summed E-state index contributed by atoms with van der Waals surface area (Å²) < 4.78 is 43.7. The van der Waals surface area contributed by atoms with Gasteiger partial charge in [0.05, 0.1) is 12.4 Å². The Balaban J connectivity index is 1.73. The number of fused-ring (bicyclic) bond motifs is 1. The summed E-state index contributed by atoms with van der Waals surface area (Å²) in [6.45, 7) is 5.34. The van der Waals surface area contributed by atoms with E-state index in [1.807, 2.05) is 6.07 Å². The molecular weight excluding hydrogens is 367 g/mol. The molecule has 0 bridgehead atoms. The van der Waals surface area contributed by atoms with E-state index < -0.39 is 10.0 Å². The van der Waals surface area contributed by atoms with Crippen LogP contribution in [0.15, 0.2) is 41.8 Å². The zero-order valence-corrected chi connectivity index (χ0v) is 16.4. The molecule has 2 fully saturated rings. The SMILES string of the molecule is CCCN1C[C@H]2CN(S(=O)(=O)c3cn(C)cn3)[C@H](c3cccc(F)c3)[C@H]2C1. The summed E-state index contributed by atoms with van der Waals surface area (Å²) in [6, 6.07) is 5.99. The average molecular weight is 393 g/mol. The molecule has 1 aromatic heterocycles. The highest BCUT2D eigenvalue weighted by atomic mass is 32.2. The number of aryl methyl sites for hydroxylation is 1. The highest BCUT2D eigenvalue weighted by Crippen LogP contribution is 2.47. The molecule has 3 heterocycles. The normalized spacial score (nSPS) is 26.6. The third-order valence-electron chi connectivity index (χ3n) is 5.68. The largest absolute Gasteiger partial charge is 0.339 e. The van der Waals surface area contributed by atoms with Gasteiger partial charge in [0, 0.05) is 32.9 Å². The van der Waals surface area contributed by atoms with Gasteiger partial charge in [-0.1, -0.05) is 19.1 Å². The van der Waals surface area contributed by atoms with Crippen LogP contribution in [0.4, 0.5) is 4.39 Å². The molecule has 2 aromatic rings. The fourth-order valence-corrected chi connectivity index (χ4v) is 6.28. The molecule has 146 valence electrons. The fourth-order valence-electron chi connectivity index (χ4n) is 4.59. The maximum absolute atomic E-state index is 13.9. The van der Waals surface area contributed by atoms with E-state index in [0.717, 1.165) is 31.6 Å². The van der Waals surface area contributed by atoms with Crippen LogP contribution in [0.25, 0.3) is 0 Å². The second kappa shape index (κ2) is 7.00. The summed E-state index contributed by atoms with van der Waals surface area (Å²) >= 11 is 0. The molecule has 2 aliphatic rings. The molecule has 1 aromatic carbocycles. The lowest BCUT2D eigenvalue weighted by molar-refractivity contribution is 0.265. The van der Waals surface area contributed by atoms with Crippen LogP contribution in [-0.2, 0) is 17.1 Å². The van der Waals surface area contributed by atoms with Gasteiger partial charge >= 0.3 is 0 Å². The van der Waals surface area contributed by atoms with E-state index in [-0.39, 0.29) is 28.7 Å². The lowest BCUT2D eigenvalue weighted by Crippen LogP contribution is -2.36. The molecule has 0 unspecified atom stereocenters. The Bertz CT molecular complexity index is 929. The Labute approximate surface area is 159 Å². The van der Waals surface area contributed by atoms with Gasteiger partial charge in [0.15, 0.2) is 5.03 Å². The van der Waals surface area contributed by atoms with Crippen LogP contribution in [0, 0.1) is 17.7 Å². The van der Waals surface area contributed by atoms with Crippen LogP contribution < -0.4 is 0 Å². The van der Waals surface area contributed by atoms with Crippen molar-refractivity contribution in [2.75, 3.05) is 26.2 Å². The zero-order chi connectivity index (χ0) is 19.2. The Kier molecular flexibility index (Phi) is 4.82. The van der Waals surface area contributed by atoms with E-state index in [0.29, 0.717) is 6.54 Å². The monoisotopic (exact) mass is 392 g/mol. The Hall–Kier alpha value is -1.77. The van der Waals surface area contributed by atoms with E-state index in [4.69, 9.17) is 0 Å². The van der Waals surface area contributed by atoms with Crippen molar-refractivity contribution >= 4 is 10.0 Å². The van der Waals surface area contributed by atoms with Gasteiger partial charge in [-0.15, -0.1) is 0 Å². The van der Waals surface area contributed by atoms with Crippen molar-refractivity contribution < 1.29 is 12.8 Å². The second-order valence-electron chi connectivity index (χ2n) is 7.64. The summed E-state index contributed by atoms with van der Waals surface area (Å²) in [4.78, 5) is 6.46. The van der Waals surface area contributed by atoms with E-state index >= 15 is 0 Å². The quantitative estimate of drug-likeness (QED) is 0.783. The molecule has 0 radical (unpaired) electrons. The molecule has 0 amide bonds. The number of hydrogen-bond donors (Lipinski definition) is 0. The number of hydrogen-bond acceptors (Lipinski definition) is 4. The first-order valence-corrected chi connectivity index (χ1v) is 10.8. The van der Waals surface area contributed by atoms with Gasteiger partial charge in [-0.25, -0.2) is 17.8 Å². The standard InChI is InChI=1S/C19H25FN4O2S/c1-3-7-23-9-15-10-24(27(25,26)18-12-22(2)13-21-18)19(17(15)11-23)14-5-4-6-16(20)8-14/h4-6,8,12-13,15,17,19H,3,7,9-11H2,1-2H3/t15-,17-,19+/m0/s1. The van der Waals surface area contributed by atoms with Gasteiger partial charge in [-0.05, 0) is 42.5 Å². The highest BCUT2D eigenvalue weighted by Gasteiger charge is 2.51. The number of imidazole rings is 1. The van der Waals surface area contributed by atoms with Crippen molar-refractivity contribution in [3.63, 3.8) is 0 Å². The number of sulfonamides is 1. The predicted molar refractivity (Wildman–Crippen MR) is 100.0 cm³/mol. The van der Waals surface area contributed by atoms with Gasteiger partial charge < -0.3 is 9.47 Å². The van der Waals surface area contributed by atoms with Crippen molar-refractivity contribution in [3.8, 4) is 0 Å². The topological polar surface area (TPSA) is 58.4 Å². The predicted octanol–water partition coefficient (Wildman–Crippen LogP) is 2.26. The van der Waals surface area contributed by atoms with Crippen LogP contribution in [-0.4, -0.2) is 53.4 Å². The van der Waals surface area contributed by atoms with Crippen LogP contribution in [0.3, 0.4) is 0 Å². The maximum atomic E-state index is 13.9. The van der Waals surface area contributed by atoms with Crippen LogP contribution in [0.2, 0.25) is 0 Å². The Morgan fingerprint density at radius 1 is 1.26 bits per heavy atom. The van der Waals surface area contributed by atoms with Crippen molar-refractivity contribution in [1.29, 1.82) is 0 Å². The van der Waals surface area contributed by atoms with Crippen LogP contribution in [0.5, 0.6) is 0 Å². The number of likely N-dealkylation sites (tertiary alicyclic amines) is 1. The average Bonchev–Trinajstić information content (AvgIpc) is 3.29. The minimum atomic E-state index is -3.74. The van der Waals surface area contributed by atoms with Crippen molar-refractivity contribution in [2.45, 2.75) is 24.4 Å². The van der Waals surface area contributed by atoms with E-state index in [1.165, 1.54) is 24.7 Å². The van der Waals surface area contributed by atoms with E-state index in [2.05, 4.69) is 16.8 Å². The number of benzene rings is 1. The number of aromatic nitrogens is 2. The van der Waals surface area contributed by atoms with Crippen molar-refractivity contribution in [1.82, 2.24) is 18.8 Å². The van der Waals surface area contributed by atoms with Gasteiger partial charge in [-0.2, -0.15) is 4.31 Å². The van der Waals surface area contributed by atoms with Gasteiger partial charge in [0.1, 0.15) is 5.82 Å². The third-order valence-corrected chi connectivity index (χ3v) is 7.41. The number of rotatable bonds is 5. The first kappa shape index (κ1) is 18.6. The molecular formula is C19H25FN4O2S. The molecule has 2 aliphatic heterocycles. The minimum absolute atomic E-state index is 0.0526. The Morgan fingerprint density at radius 2 is 2.07 bits per heavy atom. The minimum Gasteiger partial charge on any atom is -0.339 e. The van der Waals surface area contributed by atoms with Crippen molar-refractivity contribution in [3.05, 3.63) is 48.2 Å². The molecule has 0 aliphatic carbocycles. The molecule has 4 rings (SSSR count). The summed E-state index contributed by atoms with van der Waals surface area (Å²) in [5.41, 5.74) is 0.723. The summed E-state index contributed by atoms with van der Waals surface area (Å²) in [7, 11) is -1.99. The van der Waals surface area contributed by atoms with Gasteiger partial charge in [0.2, 0.25) is 0 Å². The van der Waals surface area contributed by atoms with Crippen LogP contribution >= 0.6 is 0 Å². The summed E-state index contributed by atoms with van der Waals surface area (Å²) in [6.07, 6.45) is 4.08.